The number of benzene rings is 1. The molecule has 0 bridgehead atoms. The third-order valence-corrected chi connectivity index (χ3v) is 4.66. The number of carbonyl (C=O) groups is 2. The number of nitrogens with zero attached hydrogens (tertiary/aromatic N) is 3. The van der Waals surface area contributed by atoms with Crippen molar-refractivity contribution in [1.82, 2.24) is 10.2 Å². The van der Waals surface area contributed by atoms with Gasteiger partial charge in [-0.25, -0.2) is 0 Å². The molecule has 2 aliphatic rings. The number of hydrogen-bond acceptors (Lipinski definition) is 5. The molecule has 3 rings (SSSR count). The first-order valence-corrected chi connectivity index (χ1v) is 7.86. The first kappa shape index (κ1) is 18.2. The van der Waals surface area contributed by atoms with Crippen molar-refractivity contribution in [1.29, 1.82) is 0 Å². The van der Waals surface area contributed by atoms with Crippen molar-refractivity contribution in [3.63, 3.8) is 0 Å². The number of nitro benzene ring substituents is 1. The smallest absolute Gasteiger partial charge is 0.362 e. The zero-order chi connectivity index (χ0) is 19.2. The van der Waals surface area contributed by atoms with E-state index in [1.165, 1.54) is 9.80 Å². The van der Waals surface area contributed by atoms with Crippen LogP contribution in [0.15, 0.2) is 12.1 Å². The first-order valence-electron chi connectivity index (χ1n) is 7.48. The lowest BCUT2D eigenvalue weighted by atomic mass is 10.1. The zero-order valence-electron chi connectivity index (χ0n) is 13.0. The lowest BCUT2D eigenvalue weighted by Gasteiger charge is -2.44. The highest BCUT2D eigenvalue weighted by atomic mass is 35.5. The Morgan fingerprint density at radius 2 is 1.96 bits per heavy atom. The second kappa shape index (κ2) is 6.31. The van der Waals surface area contributed by atoms with Crippen molar-refractivity contribution in [2.75, 3.05) is 31.1 Å². The average Bonchev–Trinajstić information content (AvgIpc) is 2.56. The van der Waals surface area contributed by atoms with Gasteiger partial charge >= 0.3 is 18.0 Å². The van der Waals surface area contributed by atoms with Gasteiger partial charge in [-0.15, -0.1) is 0 Å². The molecule has 0 unspecified atom stereocenters. The standard InChI is InChI=1S/C14H12ClF3N4O4/c15-9-4-10(11(22(25)26)3-8(9)14(16,17)18)20-1-2-21-7(6-20)5-19-12(23)13(21)24/h3-4,7H,1-2,5-6H2,(H,19,23)/t7-/m0/s1. The van der Waals surface area contributed by atoms with E-state index in [0.29, 0.717) is 6.07 Å². The van der Waals surface area contributed by atoms with Crippen LogP contribution in [0.5, 0.6) is 0 Å². The number of rotatable bonds is 2. The van der Waals surface area contributed by atoms with E-state index >= 15 is 0 Å². The molecule has 26 heavy (non-hydrogen) atoms. The molecule has 1 aromatic rings. The Bertz CT molecular complexity index is 801. The summed E-state index contributed by atoms with van der Waals surface area (Å²) >= 11 is 5.70. The second-order valence-electron chi connectivity index (χ2n) is 5.88. The van der Waals surface area contributed by atoms with Crippen molar-refractivity contribution in [2.24, 2.45) is 0 Å². The summed E-state index contributed by atoms with van der Waals surface area (Å²) in [6.45, 7) is 0.516. The van der Waals surface area contributed by atoms with Gasteiger partial charge in [-0.05, 0) is 6.07 Å². The van der Waals surface area contributed by atoms with Gasteiger partial charge in [0.05, 0.1) is 21.6 Å². The van der Waals surface area contributed by atoms with E-state index in [9.17, 15) is 32.9 Å². The van der Waals surface area contributed by atoms with E-state index < -0.39 is 45.2 Å². The van der Waals surface area contributed by atoms with E-state index in [-0.39, 0.29) is 31.9 Å². The monoisotopic (exact) mass is 392 g/mol. The van der Waals surface area contributed by atoms with E-state index in [1.54, 1.807) is 0 Å². The van der Waals surface area contributed by atoms with Crippen LogP contribution in [0, 0.1) is 10.1 Å². The van der Waals surface area contributed by atoms with Crippen molar-refractivity contribution < 1.29 is 27.7 Å². The number of anilines is 1. The number of fused-ring (bicyclic) bond motifs is 1. The van der Waals surface area contributed by atoms with Crippen LogP contribution in [0.3, 0.4) is 0 Å². The Hall–Kier alpha value is -2.56. The normalized spacial score (nSPS) is 20.7. The van der Waals surface area contributed by atoms with Crippen LogP contribution in [0.25, 0.3) is 0 Å². The number of nitrogens with one attached hydrogen (secondary N) is 1. The van der Waals surface area contributed by atoms with Crippen LogP contribution in [-0.2, 0) is 15.8 Å². The Kier molecular flexibility index (Phi) is 4.42. The van der Waals surface area contributed by atoms with Gasteiger partial charge in [0.15, 0.2) is 0 Å². The molecule has 2 heterocycles. The molecule has 2 fully saturated rings. The van der Waals surface area contributed by atoms with Crippen molar-refractivity contribution in [2.45, 2.75) is 12.2 Å². The molecule has 0 radical (unpaired) electrons. The molecule has 8 nitrogen and oxygen atoms in total. The minimum Gasteiger partial charge on any atom is -0.362 e. The third-order valence-electron chi connectivity index (χ3n) is 4.34. The summed E-state index contributed by atoms with van der Waals surface area (Å²) < 4.78 is 38.9. The fourth-order valence-electron chi connectivity index (χ4n) is 3.10. The number of amides is 2. The van der Waals surface area contributed by atoms with E-state index in [4.69, 9.17) is 11.6 Å². The van der Waals surface area contributed by atoms with E-state index in [2.05, 4.69) is 5.32 Å². The summed E-state index contributed by atoms with van der Waals surface area (Å²) in [4.78, 5) is 36.4. The Labute approximate surface area is 149 Å². The van der Waals surface area contributed by atoms with Crippen LogP contribution in [0.1, 0.15) is 5.56 Å². The fraction of sp³-hybridized carbons (Fsp3) is 0.429. The van der Waals surface area contributed by atoms with Crippen molar-refractivity contribution >= 4 is 34.8 Å². The largest absolute Gasteiger partial charge is 0.418 e. The van der Waals surface area contributed by atoms with E-state index in [0.717, 1.165) is 6.07 Å². The topological polar surface area (TPSA) is 95.8 Å². The minimum absolute atomic E-state index is 0.0583. The fourth-order valence-corrected chi connectivity index (χ4v) is 3.37. The van der Waals surface area contributed by atoms with Gasteiger partial charge in [-0.1, -0.05) is 11.6 Å². The molecule has 1 atom stereocenters. The number of alkyl halides is 3. The van der Waals surface area contributed by atoms with Crippen LogP contribution in [-0.4, -0.2) is 53.9 Å². The predicted octanol–water partition coefficient (Wildman–Crippen LogP) is 1.41. The molecule has 2 amide bonds. The summed E-state index contributed by atoms with van der Waals surface area (Å²) in [5.41, 5.74) is -2.06. The molecule has 0 aliphatic carbocycles. The quantitative estimate of drug-likeness (QED) is 0.466. The summed E-state index contributed by atoms with van der Waals surface area (Å²) in [5.74, 6) is -1.42. The highest BCUT2D eigenvalue weighted by Crippen LogP contribution is 2.41. The van der Waals surface area contributed by atoms with Gasteiger partial charge < -0.3 is 15.1 Å². The first-order chi connectivity index (χ1) is 12.1. The molecule has 12 heteroatoms. The minimum atomic E-state index is -4.82. The molecule has 0 spiro atoms. The molecular weight excluding hydrogens is 381 g/mol. The molecule has 140 valence electrons. The zero-order valence-corrected chi connectivity index (χ0v) is 13.8. The van der Waals surface area contributed by atoms with Gasteiger partial charge in [-0.3, -0.25) is 19.7 Å². The molecule has 0 aromatic heterocycles. The third kappa shape index (κ3) is 3.14. The molecule has 1 N–H and O–H groups in total. The van der Waals surface area contributed by atoms with Crippen molar-refractivity contribution in [3.05, 3.63) is 32.8 Å². The van der Waals surface area contributed by atoms with Gasteiger partial charge in [0, 0.05) is 32.2 Å². The van der Waals surface area contributed by atoms with Gasteiger partial charge in [0.2, 0.25) is 0 Å². The van der Waals surface area contributed by atoms with Crippen LogP contribution in [0.4, 0.5) is 24.5 Å². The summed E-state index contributed by atoms with van der Waals surface area (Å²) in [5, 5.41) is 13.1. The Morgan fingerprint density at radius 3 is 2.58 bits per heavy atom. The maximum atomic E-state index is 13.0. The average molecular weight is 393 g/mol. The van der Waals surface area contributed by atoms with Gasteiger partial charge in [-0.2, -0.15) is 13.2 Å². The molecule has 2 saturated heterocycles. The highest BCUT2D eigenvalue weighted by Gasteiger charge is 2.40. The number of nitro groups is 1. The molecule has 0 saturated carbocycles. The van der Waals surface area contributed by atoms with Crippen LogP contribution in [0.2, 0.25) is 5.02 Å². The Morgan fingerprint density at radius 1 is 1.27 bits per heavy atom. The molecule has 1 aromatic carbocycles. The number of halogens is 4. The lowest BCUT2D eigenvalue weighted by Crippen LogP contribution is -2.65. The maximum Gasteiger partial charge on any atom is 0.418 e. The van der Waals surface area contributed by atoms with Crippen LogP contribution < -0.4 is 10.2 Å². The Balaban J connectivity index is 1.95. The summed E-state index contributed by atoms with van der Waals surface area (Å²) in [7, 11) is 0. The predicted molar refractivity (Wildman–Crippen MR) is 83.8 cm³/mol. The second-order valence-corrected chi connectivity index (χ2v) is 6.29. The number of piperazine rings is 2. The molecular formula is C14H12ClF3N4O4. The summed E-state index contributed by atoms with van der Waals surface area (Å²) in [6.07, 6.45) is -4.82. The van der Waals surface area contributed by atoms with E-state index in [1.807, 2.05) is 0 Å². The van der Waals surface area contributed by atoms with Gasteiger partial charge in [0.25, 0.3) is 5.69 Å². The lowest BCUT2D eigenvalue weighted by molar-refractivity contribution is -0.384. The van der Waals surface area contributed by atoms with Crippen molar-refractivity contribution in [3.8, 4) is 0 Å². The SMILES string of the molecule is O=C1NC[C@H]2CN(c3cc(Cl)c(C(F)(F)F)cc3[N+](=O)[O-])CCN2C1=O. The highest BCUT2D eigenvalue weighted by molar-refractivity contribution is 6.35. The molecule has 2 aliphatic heterocycles. The van der Waals surface area contributed by atoms with Gasteiger partial charge in [0.1, 0.15) is 5.69 Å². The number of hydrogen-bond donors (Lipinski definition) is 1. The number of carbonyl (C=O) groups excluding carboxylic acids is 2. The maximum absolute atomic E-state index is 13.0. The van der Waals surface area contributed by atoms with Crippen LogP contribution >= 0.6 is 11.6 Å². The summed E-state index contributed by atoms with van der Waals surface area (Å²) in [6, 6.07) is 0.897.